The molecule has 0 radical (unpaired) electrons. The molecule has 0 aliphatic carbocycles. The second-order valence-electron chi connectivity index (χ2n) is 6.02. The predicted octanol–water partition coefficient (Wildman–Crippen LogP) is 4.76. The molecule has 3 aromatic rings. The van der Waals surface area contributed by atoms with E-state index in [0.717, 1.165) is 17.7 Å². The lowest BCUT2D eigenvalue weighted by Gasteiger charge is -2.16. The van der Waals surface area contributed by atoms with Crippen LogP contribution in [0.4, 0.5) is 5.69 Å². The molecular formula is C21H20N2. The minimum absolute atomic E-state index is 0.140. The Morgan fingerprint density at radius 1 is 0.957 bits per heavy atom. The van der Waals surface area contributed by atoms with Gasteiger partial charge in [-0.15, -0.1) is 0 Å². The molecule has 0 heterocycles. The third-order valence-electron chi connectivity index (χ3n) is 4.22. The molecule has 2 heteroatoms. The maximum atomic E-state index is 9.72. The molecule has 1 atom stereocenters. The Hall–Kier alpha value is -2.79. The van der Waals surface area contributed by atoms with E-state index >= 15 is 0 Å². The van der Waals surface area contributed by atoms with Gasteiger partial charge in [0.1, 0.15) is 0 Å². The van der Waals surface area contributed by atoms with E-state index in [1.54, 1.807) is 0 Å². The van der Waals surface area contributed by atoms with Crippen molar-refractivity contribution >= 4 is 16.5 Å². The molecule has 23 heavy (non-hydrogen) atoms. The van der Waals surface area contributed by atoms with Gasteiger partial charge >= 0.3 is 0 Å². The molecule has 0 aliphatic rings. The lowest BCUT2D eigenvalue weighted by atomic mass is 9.89. The van der Waals surface area contributed by atoms with Gasteiger partial charge in [0, 0.05) is 19.8 Å². The highest BCUT2D eigenvalue weighted by atomic mass is 15.1. The van der Waals surface area contributed by atoms with E-state index in [0.29, 0.717) is 0 Å². The van der Waals surface area contributed by atoms with Crippen molar-refractivity contribution in [2.45, 2.75) is 12.3 Å². The van der Waals surface area contributed by atoms with Crippen molar-refractivity contribution in [3.05, 3.63) is 77.9 Å². The Morgan fingerprint density at radius 3 is 2.48 bits per heavy atom. The summed E-state index contributed by atoms with van der Waals surface area (Å²) in [4.78, 5) is 2.09. The molecule has 2 nitrogen and oxygen atoms in total. The van der Waals surface area contributed by atoms with Gasteiger partial charge in [-0.1, -0.05) is 54.6 Å². The topological polar surface area (TPSA) is 27.0 Å². The first-order valence-electron chi connectivity index (χ1n) is 7.82. The van der Waals surface area contributed by atoms with Crippen molar-refractivity contribution in [1.82, 2.24) is 0 Å². The van der Waals surface area contributed by atoms with Crippen LogP contribution >= 0.6 is 0 Å². The first-order valence-corrected chi connectivity index (χ1v) is 7.82. The van der Waals surface area contributed by atoms with Crippen LogP contribution in [0.25, 0.3) is 10.8 Å². The number of benzene rings is 3. The van der Waals surface area contributed by atoms with Crippen LogP contribution in [-0.2, 0) is 6.42 Å². The molecule has 1 unspecified atom stereocenters. The van der Waals surface area contributed by atoms with Crippen molar-refractivity contribution in [2.24, 2.45) is 0 Å². The van der Waals surface area contributed by atoms with Gasteiger partial charge in [0.05, 0.1) is 12.0 Å². The fraction of sp³-hybridized carbons (Fsp3) is 0.190. The number of hydrogen-bond donors (Lipinski definition) is 0. The summed E-state index contributed by atoms with van der Waals surface area (Å²) in [6, 6.07) is 25.4. The quantitative estimate of drug-likeness (QED) is 0.695. The maximum Gasteiger partial charge on any atom is 0.0759 e. The highest BCUT2D eigenvalue weighted by Crippen LogP contribution is 2.28. The molecule has 0 amide bonds. The van der Waals surface area contributed by atoms with Crippen LogP contribution in [0.15, 0.2) is 66.7 Å². The predicted molar refractivity (Wildman–Crippen MR) is 96.8 cm³/mol. The minimum atomic E-state index is -0.140. The Balaban J connectivity index is 1.97. The van der Waals surface area contributed by atoms with Crippen molar-refractivity contribution in [3.8, 4) is 6.07 Å². The van der Waals surface area contributed by atoms with Crippen LogP contribution in [0.3, 0.4) is 0 Å². The number of rotatable bonds is 4. The average molecular weight is 300 g/mol. The molecule has 0 saturated heterocycles. The molecule has 0 aliphatic heterocycles. The van der Waals surface area contributed by atoms with Gasteiger partial charge in [0.2, 0.25) is 0 Å². The lowest BCUT2D eigenvalue weighted by Crippen LogP contribution is -2.09. The zero-order chi connectivity index (χ0) is 16.2. The number of fused-ring (bicyclic) bond motifs is 1. The van der Waals surface area contributed by atoms with Gasteiger partial charge in [-0.25, -0.2) is 0 Å². The van der Waals surface area contributed by atoms with Crippen LogP contribution in [0.2, 0.25) is 0 Å². The summed E-state index contributed by atoms with van der Waals surface area (Å²) in [5.41, 5.74) is 3.47. The van der Waals surface area contributed by atoms with E-state index in [1.807, 2.05) is 32.3 Å². The highest BCUT2D eigenvalue weighted by Gasteiger charge is 2.14. The van der Waals surface area contributed by atoms with Gasteiger partial charge in [-0.05, 0) is 40.5 Å². The van der Waals surface area contributed by atoms with Crippen LogP contribution < -0.4 is 4.90 Å². The Bertz CT molecular complexity index is 854. The molecule has 3 rings (SSSR count). The summed E-state index contributed by atoms with van der Waals surface area (Å²) in [6.07, 6.45) is 0.728. The van der Waals surface area contributed by atoms with E-state index in [2.05, 4.69) is 59.5 Å². The molecule has 114 valence electrons. The molecule has 0 aromatic heterocycles. The first-order chi connectivity index (χ1) is 11.2. The van der Waals surface area contributed by atoms with Crippen LogP contribution in [0.5, 0.6) is 0 Å². The van der Waals surface area contributed by atoms with Crippen molar-refractivity contribution in [2.75, 3.05) is 19.0 Å². The van der Waals surface area contributed by atoms with Crippen LogP contribution in [0, 0.1) is 11.3 Å². The molecule has 0 saturated carbocycles. The Kier molecular flexibility index (Phi) is 4.30. The fourth-order valence-corrected chi connectivity index (χ4v) is 2.98. The summed E-state index contributed by atoms with van der Waals surface area (Å²) in [6.45, 7) is 0. The SMILES string of the molecule is CN(C)c1cccc(CC(C#N)c2cccc3ccccc23)c1. The van der Waals surface area contributed by atoms with E-state index in [4.69, 9.17) is 0 Å². The van der Waals surface area contributed by atoms with Gasteiger partial charge in [0.25, 0.3) is 0 Å². The summed E-state index contributed by atoms with van der Waals surface area (Å²) in [5, 5.41) is 12.1. The summed E-state index contributed by atoms with van der Waals surface area (Å²) in [5.74, 6) is -0.140. The molecule has 0 bridgehead atoms. The zero-order valence-corrected chi connectivity index (χ0v) is 13.5. The molecule has 0 spiro atoms. The molecule has 3 aromatic carbocycles. The number of anilines is 1. The third-order valence-corrected chi connectivity index (χ3v) is 4.22. The Morgan fingerprint density at radius 2 is 1.70 bits per heavy atom. The van der Waals surface area contributed by atoms with E-state index in [1.165, 1.54) is 16.3 Å². The highest BCUT2D eigenvalue weighted by molar-refractivity contribution is 5.86. The smallest absolute Gasteiger partial charge is 0.0759 e. The van der Waals surface area contributed by atoms with Crippen LogP contribution in [-0.4, -0.2) is 14.1 Å². The lowest BCUT2D eigenvalue weighted by molar-refractivity contribution is 0.856. The number of nitrogens with zero attached hydrogens (tertiary/aromatic N) is 2. The normalized spacial score (nSPS) is 11.9. The van der Waals surface area contributed by atoms with Gasteiger partial charge in [0.15, 0.2) is 0 Å². The third kappa shape index (κ3) is 3.19. The monoisotopic (exact) mass is 300 g/mol. The van der Waals surface area contributed by atoms with Crippen molar-refractivity contribution in [1.29, 1.82) is 5.26 Å². The van der Waals surface area contributed by atoms with E-state index in [-0.39, 0.29) is 5.92 Å². The number of nitriles is 1. The standard InChI is InChI=1S/C21H20N2/c1-23(2)19-10-5-7-16(14-19)13-18(15-22)21-12-6-9-17-8-3-4-11-20(17)21/h3-12,14,18H,13H2,1-2H3. The zero-order valence-electron chi connectivity index (χ0n) is 13.5. The van der Waals surface area contributed by atoms with Gasteiger partial charge < -0.3 is 4.90 Å². The van der Waals surface area contributed by atoms with Gasteiger partial charge in [-0.2, -0.15) is 5.26 Å². The second kappa shape index (κ2) is 6.54. The largest absolute Gasteiger partial charge is 0.378 e. The summed E-state index contributed by atoms with van der Waals surface area (Å²) < 4.78 is 0. The average Bonchev–Trinajstić information content (AvgIpc) is 2.59. The van der Waals surface area contributed by atoms with Crippen molar-refractivity contribution in [3.63, 3.8) is 0 Å². The first kappa shape index (κ1) is 15.1. The fourth-order valence-electron chi connectivity index (χ4n) is 2.98. The second-order valence-corrected chi connectivity index (χ2v) is 6.02. The van der Waals surface area contributed by atoms with Crippen LogP contribution in [0.1, 0.15) is 17.0 Å². The summed E-state index contributed by atoms with van der Waals surface area (Å²) >= 11 is 0. The molecular weight excluding hydrogens is 280 g/mol. The van der Waals surface area contributed by atoms with E-state index < -0.39 is 0 Å². The number of hydrogen-bond acceptors (Lipinski definition) is 2. The Labute approximate surface area is 137 Å². The van der Waals surface area contributed by atoms with Crippen molar-refractivity contribution < 1.29 is 0 Å². The van der Waals surface area contributed by atoms with E-state index in [9.17, 15) is 5.26 Å². The maximum absolute atomic E-state index is 9.72. The molecule has 0 N–H and O–H groups in total. The summed E-state index contributed by atoms with van der Waals surface area (Å²) in [7, 11) is 4.07. The minimum Gasteiger partial charge on any atom is -0.378 e. The van der Waals surface area contributed by atoms with Gasteiger partial charge in [-0.3, -0.25) is 0 Å². The molecule has 0 fully saturated rings.